The zero-order chi connectivity index (χ0) is 12.3. The lowest BCUT2D eigenvalue weighted by Gasteiger charge is -2.10. The number of carboxylic acids is 1. The van der Waals surface area contributed by atoms with Crippen molar-refractivity contribution in [2.75, 3.05) is 11.9 Å². The molecule has 0 bridgehead atoms. The van der Waals surface area contributed by atoms with Crippen LogP contribution in [0.4, 0.5) is 5.69 Å². The number of furan rings is 1. The van der Waals surface area contributed by atoms with Gasteiger partial charge < -0.3 is 14.8 Å². The number of benzene rings is 1. The fourth-order valence-corrected chi connectivity index (χ4v) is 1.75. The summed E-state index contributed by atoms with van der Waals surface area (Å²) in [6.45, 7) is 2.28. The molecule has 0 saturated carbocycles. The minimum absolute atomic E-state index is 0.372. The molecule has 0 aliphatic rings. The number of hydrogen-bond acceptors (Lipinski definition) is 3. The second-order valence-electron chi connectivity index (χ2n) is 3.97. The Morgan fingerprint density at radius 2 is 2.24 bits per heavy atom. The molecule has 0 saturated heterocycles. The summed E-state index contributed by atoms with van der Waals surface area (Å²) in [5.41, 5.74) is 1.65. The number of rotatable bonds is 5. The molecule has 2 aromatic rings. The Morgan fingerprint density at radius 3 is 2.94 bits per heavy atom. The van der Waals surface area contributed by atoms with Gasteiger partial charge in [0.2, 0.25) is 0 Å². The van der Waals surface area contributed by atoms with Gasteiger partial charge in [-0.05, 0) is 18.6 Å². The Balaban J connectivity index is 2.11. The molecule has 4 nitrogen and oxygen atoms in total. The van der Waals surface area contributed by atoms with Gasteiger partial charge in [-0.25, -0.2) is 0 Å². The van der Waals surface area contributed by atoms with Gasteiger partial charge >= 0.3 is 5.97 Å². The van der Waals surface area contributed by atoms with Crippen LogP contribution in [-0.2, 0) is 4.79 Å². The van der Waals surface area contributed by atoms with Crippen molar-refractivity contribution in [2.24, 2.45) is 5.92 Å². The van der Waals surface area contributed by atoms with Gasteiger partial charge in [-0.15, -0.1) is 0 Å². The maximum atomic E-state index is 10.9. The Bertz CT molecular complexity index is 518. The number of hydrogen-bond donors (Lipinski definition) is 2. The summed E-state index contributed by atoms with van der Waals surface area (Å²) in [4.78, 5) is 10.9. The van der Waals surface area contributed by atoms with Crippen molar-refractivity contribution < 1.29 is 14.3 Å². The van der Waals surface area contributed by atoms with Crippen molar-refractivity contribution in [3.05, 3.63) is 30.5 Å². The number of carboxylic acid groups (broad SMARTS) is 1. The van der Waals surface area contributed by atoms with Crippen LogP contribution in [0.2, 0.25) is 0 Å². The number of nitrogens with one attached hydrogen (secondary N) is 1. The van der Waals surface area contributed by atoms with E-state index in [0.29, 0.717) is 13.0 Å². The third kappa shape index (κ3) is 2.41. The summed E-state index contributed by atoms with van der Waals surface area (Å²) < 4.78 is 5.37. The first-order chi connectivity index (χ1) is 8.22. The monoisotopic (exact) mass is 233 g/mol. The molecule has 1 aromatic heterocycles. The van der Waals surface area contributed by atoms with E-state index in [9.17, 15) is 4.79 Å². The zero-order valence-electron chi connectivity index (χ0n) is 9.64. The molecule has 0 amide bonds. The molecule has 0 aliphatic carbocycles. The Morgan fingerprint density at radius 1 is 1.47 bits per heavy atom. The smallest absolute Gasteiger partial charge is 0.308 e. The summed E-state index contributed by atoms with van der Waals surface area (Å²) in [5.74, 6) is -1.14. The first kappa shape index (κ1) is 11.5. The van der Waals surface area contributed by atoms with Crippen molar-refractivity contribution in [2.45, 2.75) is 13.3 Å². The molecule has 1 unspecified atom stereocenters. The predicted molar refractivity (Wildman–Crippen MR) is 66.1 cm³/mol. The van der Waals surface area contributed by atoms with Crippen molar-refractivity contribution in [3.8, 4) is 0 Å². The van der Waals surface area contributed by atoms with E-state index in [1.807, 2.05) is 31.2 Å². The van der Waals surface area contributed by atoms with Crippen LogP contribution < -0.4 is 5.32 Å². The molecule has 4 heteroatoms. The number of aliphatic carboxylic acids is 1. The predicted octanol–water partition coefficient (Wildman–Crippen LogP) is 2.96. The molecule has 1 aromatic carbocycles. The van der Waals surface area contributed by atoms with Crippen LogP contribution in [0.25, 0.3) is 11.0 Å². The molecule has 0 spiro atoms. The molecular formula is C13H15NO3. The fraction of sp³-hybridized carbons (Fsp3) is 0.308. The minimum Gasteiger partial charge on any atom is -0.481 e. The molecule has 0 fully saturated rings. The van der Waals surface area contributed by atoms with Crippen LogP contribution in [0.15, 0.2) is 34.9 Å². The lowest BCUT2D eigenvalue weighted by molar-refractivity contribution is -0.141. The van der Waals surface area contributed by atoms with Crippen LogP contribution in [0.3, 0.4) is 0 Å². The van der Waals surface area contributed by atoms with Gasteiger partial charge in [-0.3, -0.25) is 4.79 Å². The van der Waals surface area contributed by atoms with E-state index in [-0.39, 0.29) is 5.92 Å². The highest BCUT2D eigenvalue weighted by Gasteiger charge is 2.15. The van der Waals surface area contributed by atoms with Crippen molar-refractivity contribution in [1.29, 1.82) is 0 Å². The summed E-state index contributed by atoms with van der Waals surface area (Å²) in [6.07, 6.45) is 2.23. The van der Waals surface area contributed by atoms with Gasteiger partial charge in [-0.2, -0.15) is 0 Å². The highest BCUT2D eigenvalue weighted by atomic mass is 16.4. The molecular weight excluding hydrogens is 218 g/mol. The number of carbonyl (C=O) groups is 1. The zero-order valence-corrected chi connectivity index (χ0v) is 9.64. The maximum absolute atomic E-state index is 10.9. The van der Waals surface area contributed by atoms with Crippen LogP contribution >= 0.6 is 0 Å². The van der Waals surface area contributed by atoms with E-state index in [1.165, 1.54) is 0 Å². The molecule has 0 radical (unpaired) electrons. The maximum Gasteiger partial charge on any atom is 0.308 e. The van der Waals surface area contributed by atoms with Crippen molar-refractivity contribution in [1.82, 2.24) is 0 Å². The standard InChI is InChI=1S/C13H15NO3/c1-2-9(13(15)16)7-14-11-8-17-12-6-4-3-5-10(11)12/h3-6,8-9,14H,2,7H2,1H3,(H,15,16). The summed E-state index contributed by atoms with van der Waals surface area (Å²) >= 11 is 0. The van der Waals surface area contributed by atoms with E-state index in [2.05, 4.69) is 5.32 Å². The van der Waals surface area contributed by atoms with E-state index >= 15 is 0 Å². The van der Waals surface area contributed by atoms with E-state index in [4.69, 9.17) is 9.52 Å². The Labute approximate surface area is 99.2 Å². The Kier molecular flexibility index (Phi) is 3.32. The van der Waals surface area contributed by atoms with E-state index in [0.717, 1.165) is 16.7 Å². The SMILES string of the molecule is CCC(CNc1coc2ccccc12)C(=O)O. The van der Waals surface area contributed by atoms with Crippen LogP contribution in [0.5, 0.6) is 0 Å². The molecule has 2 rings (SSSR count). The normalized spacial score (nSPS) is 12.5. The van der Waals surface area contributed by atoms with Gasteiger partial charge in [0.05, 0.1) is 11.6 Å². The Hall–Kier alpha value is -1.97. The quantitative estimate of drug-likeness (QED) is 0.833. The van der Waals surface area contributed by atoms with Gasteiger partial charge in [0.1, 0.15) is 11.8 Å². The first-order valence-corrected chi connectivity index (χ1v) is 5.65. The minimum atomic E-state index is -0.771. The van der Waals surface area contributed by atoms with Crippen molar-refractivity contribution >= 4 is 22.6 Å². The van der Waals surface area contributed by atoms with Crippen LogP contribution in [0, 0.1) is 5.92 Å². The largest absolute Gasteiger partial charge is 0.481 e. The summed E-state index contributed by atoms with van der Waals surface area (Å²) in [6, 6.07) is 7.66. The van der Waals surface area contributed by atoms with Crippen LogP contribution in [-0.4, -0.2) is 17.6 Å². The van der Waals surface area contributed by atoms with Gasteiger partial charge in [0.25, 0.3) is 0 Å². The van der Waals surface area contributed by atoms with E-state index < -0.39 is 5.97 Å². The molecule has 90 valence electrons. The average molecular weight is 233 g/mol. The third-order valence-electron chi connectivity index (χ3n) is 2.86. The number of fused-ring (bicyclic) bond motifs is 1. The average Bonchev–Trinajstić information content (AvgIpc) is 2.73. The number of anilines is 1. The summed E-state index contributed by atoms with van der Waals surface area (Å²) in [7, 11) is 0. The highest BCUT2D eigenvalue weighted by Crippen LogP contribution is 2.25. The molecule has 0 aliphatic heterocycles. The van der Waals surface area contributed by atoms with E-state index in [1.54, 1.807) is 6.26 Å². The summed E-state index contributed by atoms with van der Waals surface area (Å²) in [5, 5.41) is 13.1. The van der Waals surface area contributed by atoms with Gasteiger partial charge in [0, 0.05) is 11.9 Å². The fourth-order valence-electron chi connectivity index (χ4n) is 1.75. The molecule has 1 heterocycles. The van der Waals surface area contributed by atoms with Crippen molar-refractivity contribution in [3.63, 3.8) is 0 Å². The molecule has 2 N–H and O–H groups in total. The van der Waals surface area contributed by atoms with Gasteiger partial charge in [-0.1, -0.05) is 19.1 Å². The topological polar surface area (TPSA) is 62.5 Å². The third-order valence-corrected chi connectivity index (χ3v) is 2.86. The lowest BCUT2D eigenvalue weighted by Crippen LogP contribution is -2.21. The highest BCUT2D eigenvalue weighted by molar-refractivity contribution is 5.90. The molecule has 17 heavy (non-hydrogen) atoms. The second kappa shape index (κ2) is 4.91. The van der Waals surface area contributed by atoms with Gasteiger partial charge in [0.15, 0.2) is 0 Å². The number of para-hydroxylation sites is 1. The second-order valence-corrected chi connectivity index (χ2v) is 3.97. The lowest BCUT2D eigenvalue weighted by atomic mass is 10.1. The molecule has 1 atom stereocenters. The van der Waals surface area contributed by atoms with Crippen LogP contribution in [0.1, 0.15) is 13.3 Å². The first-order valence-electron chi connectivity index (χ1n) is 5.65.